The average molecular weight is 757 g/mol. The fraction of sp³-hybridized carbons (Fsp3) is 0.805. The van der Waals surface area contributed by atoms with Gasteiger partial charge >= 0.3 is 23.9 Å². The number of hydrogen-bond acceptors (Lipinski definition) is 9. The monoisotopic (exact) mass is 757 g/mol. The van der Waals surface area contributed by atoms with Crippen LogP contribution < -0.4 is 0 Å². The van der Waals surface area contributed by atoms with Gasteiger partial charge in [0.2, 0.25) is 5.60 Å². The Kier molecular flexibility index (Phi) is 27.8. The second-order valence-electron chi connectivity index (χ2n) is 14.4. The van der Waals surface area contributed by atoms with Crippen LogP contribution >= 0.6 is 0 Å². The first-order valence-corrected chi connectivity index (χ1v) is 19.8. The van der Waals surface area contributed by atoms with E-state index in [0.29, 0.717) is 25.7 Å². The van der Waals surface area contributed by atoms with Crippen molar-refractivity contribution in [3.8, 4) is 0 Å². The lowest BCUT2D eigenvalue weighted by Crippen LogP contribution is -2.71. The zero-order chi connectivity index (χ0) is 41.1. The number of unbranched alkanes of at least 4 members (excludes halogenated alkanes) is 10. The number of carboxylic acids is 3. The van der Waals surface area contributed by atoms with Crippen LogP contribution in [0.3, 0.4) is 0 Å². The summed E-state index contributed by atoms with van der Waals surface area (Å²) < 4.78 is 4.66. The topological polar surface area (TPSA) is 213 Å². The summed E-state index contributed by atoms with van der Waals surface area (Å²) in [5, 5.41) is 51.5. The summed E-state index contributed by atoms with van der Waals surface area (Å²) in [5.74, 6) is -7.57. The van der Waals surface area contributed by atoms with E-state index in [-0.39, 0.29) is 44.0 Å². The molecule has 0 aliphatic heterocycles. The highest BCUT2D eigenvalue weighted by molar-refractivity contribution is 6.10. The molecule has 5 N–H and O–H groups in total. The Morgan fingerprint density at radius 2 is 1.11 bits per heavy atom. The summed E-state index contributed by atoms with van der Waals surface area (Å²) in [7, 11) is 1.33. The minimum absolute atomic E-state index is 0.108. The maximum absolute atomic E-state index is 12.6. The number of esters is 1. The highest BCUT2D eigenvalue weighted by atomic mass is 16.5. The third-order valence-corrected chi connectivity index (χ3v) is 10.4. The van der Waals surface area contributed by atoms with Gasteiger partial charge in [0.25, 0.3) is 0 Å². The third kappa shape index (κ3) is 16.0. The number of methoxy groups -OCH3 is 1. The maximum atomic E-state index is 12.6. The second kappa shape index (κ2) is 28.3. The number of carbonyl (C=O) groups excluding carboxylic acids is 3. The number of aliphatic carboxylic acids is 3. The van der Waals surface area contributed by atoms with Gasteiger partial charge in [0.15, 0.2) is 11.2 Å². The van der Waals surface area contributed by atoms with E-state index in [9.17, 15) is 54.3 Å². The third-order valence-electron chi connectivity index (χ3n) is 10.4. The van der Waals surface area contributed by atoms with Crippen LogP contribution in [0, 0.1) is 16.7 Å². The van der Waals surface area contributed by atoms with Crippen LogP contribution in [-0.4, -0.2) is 79.8 Å². The van der Waals surface area contributed by atoms with E-state index in [2.05, 4.69) is 23.8 Å². The lowest BCUT2D eigenvalue weighted by molar-refractivity contribution is -0.223. The number of aliphatic hydroxyl groups excluding tert-OH is 1. The maximum Gasteiger partial charge on any atom is 0.338 e. The van der Waals surface area contributed by atoms with Crippen LogP contribution in [0.25, 0.3) is 0 Å². The fourth-order valence-electron chi connectivity index (χ4n) is 6.96. The van der Waals surface area contributed by atoms with E-state index in [1.165, 1.54) is 33.3 Å². The Labute approximate surface area is 318 Å². The first-order chi connectivity index (χ1) is 25.0. The number of allylic oxidation sites excluding steroid dienone is 1. The zero-order valence-electron chi connectivity index (χ0n) is 33.8. The first kappa shape index (κ1) is 52.0. The number of carbonyl (C=O) groups is 6. The molecule has 0 fully saturated rings. The van der Waals surface area contributed by atoms with Crippen LogP contribution in [-0.2, 0) is 33.5 Å². The van der Waals surface area contributed by atoms with Gasteiger partial charge in [-0.2, -0.15) is 0 Å². The van der Waals surface area contributed by atoms with Crippen LogP contribution in [0.15, 0.2) is 12.2 Å². The fourth-order valence-corrected chi connectivity index (χ4v) is 6.96. The molecule has 0 aromatic heterocycles. The number of ketones is 2. The largest absolute Gasteiger partial charge is 0.481 e. The van der Waals surface area contributed by atoms with E-state index in [4.69, 9.17) is 0 Å². The quantitative estimate of drug-likeness (QED) is 0.0197. The molecule has 0 saturated heterocycles. The Morgan fingerprint density at radius 3 is 1.55 bits per heavy atom. The molecule has 0 aromatic rings. The minimum Gasteiger partial charge on any atom is -0.481 e. The van der Waals surface area contributed by atoms with Gasteiger partial charge in [0, 0.05) is 0 Å². The van der Waals surface area contributed by atoms with Gasteiger partial charge in [0.05, 0.1) is 13.2 Å². The van der Waals surface area contributed by atoms with Crippen molar-refractivity contribution in [1.82, 2.24) is 0 Å². The molecule has 308 valence electrons. The van der Waals surface area contributed by atoms with Crippen molar-refractivity contribution in [3.63, 3.8) is 0 Å². The molecular weight excluding hydrogens is 684 g/mol. The number of Topliss-reactive ketones (excluding diaryl/α,β-unsaturated/α-hetero) is 2. The Bertz CT molecular complexity index is 1110. The number of hydrogen-bond donors (Lipinski definition) is 5. The molecule has 0 spiro atoms. The van der Waals surface area contributed by atoms with Crippen LogP contribution in [0.1, 0.15) is 176 Å². The molecule has 0 amide bonds. The smallest absolute Gasteiger partial charge is 0.338 e. The molecule has 0 rings (SSSR count). The highest BCUT2D eigenvalue weighted by Gasteiger charge is 2.74. The lowest BCUT2D eigenvalue weighted by atomic mass is 9.52. The van der Waals surface area contributed by atoms with Gasteiger partial charge in [-0.3, -0.25) is 24.0 Å². The molecule has 53 heavy (non-hydrogen) atoms. The Balaban J connectivity index is 0. The molecule has 12 heteroatoms. The predicted molar refractivity (Wildman–Crippen MR) is 204 cm³/mol. The molecule has 0 radical (unpaired) electrons. The molecule has 0 saturated carbocycles. The SMILES string of the molecule is CCCCC(CCCC)(C(=O)O)C(O)(C(=O)O)C(CCCC)(C(C)=O)C(=O)O.CCCCCC[C@@H](O)C/C=C\CCCCCCC(C(C)=O)C(=O)OC. The van der Waals surface area contributed by atoms with Crippen molar-refractivity contribution in [2.75, 3.05) is 7.11 Å². The number of rotatable bonds is 31. The standard InChI is InChI=1S/C21H38O4.C20H34O8/c1-4-5-6-12-15-19(23)16-13-10-8-7-9-11-14-17-20(18(2)22)21(24)25-3;1-5-8-11-18(15(22)23,12-9-6-2)20(28,17(26)27)19(14(4)21,16(24)25)13-10-7-3/h10,13,19-20,23H,4-9,11-12,14-17H2,1-3H3;28H,5-13H2,1-4H3,(H,22,23)(H,24,25)(H,26,27)/b13-10-;/t19-,20?;/m1./s1. The van der Waals surface area contributed by atoms with E-state index in [1.54, 1.807) is 20.8 Å². The normalized spacial score (nSPS) is 15.0. The minimum atomic E-state index is -3.29. The lowest BCUT2D eigenvalue weighted by Gasteiger charge is -2.50. The molecule has 0 aliphatic carbocycles. The molecule has 0 aromatic carbocycles. The van der Waals surface area contributed by atoms with Crippen molar-refractivity contribution in [2.24, 2.45) is 16.7 Å². The number of carboxylic acid groups (broad SMARTS) is 3. The van der Waals surface area contributed by atoms with Gasteiger partial charge in [0.1, 0.15) is 17.1 Å². The van der Waals surface area contributed by atoms with Crippen LogP contribution in [0.2, 0.25) is 0 Å². The summed E-state index contributed by atoms with van der Waals surface area (Å²) in [6.07, 6.45) is 17.5. The second-order valence-corrected chi connectivity index (χ2v) is 14.4. The van der Waals surface area contributed by atoms with E-state index in [1.807, 2.05) is 0 Å². The van der Waals surface area contributed by atoms with Crippen molar-refractivity contribution < 1.29 is 59.0 Å². The van der Waals surface area contributed by atoms with E-state index >= 15 is 0 Å². The molecule has 4 atom stereocenters. The van der Waals surface area contributed by atoms with Gasteiger partial charge in [-0.05, 0) is 65.2 Å². The summed E-state index contributed by atoms with van der Waals surface area (Å²) >= 11 is 0. The number of aliphatic hydroxyl groups is 2. The van der Waals surface area contributed by atoms with Gasteiger partial charge in [-0.25, -0.2) is 4.79 Å². The summed E-state index contributed by atoms with van der Waals surface area (Å²) in [6.45, 7) is 9.83. The van der Waals surface area contributed by atoms with Crippen LogP contribution in [0.5, 0.6) is 0 Å². The number of ether oxygens (including phenoxy) is 1. The molecule has 0 heterocycles. The van der Waals surface area contributed by atoms with Crippen LogP contribution in [0.4, 0.5) is 0 Å². The molecular formula is C41H72O12. The van der Waals surface area contributed by atoms with Crippen molar-refractivity contribution >= 4 is 35.4 Å². The Morgan fingerprint density at radius 1 is 0.623 bits per heavy atom. The Hall–Kier alpha value is -3.12. The molecule has 3 unspecified atom stereocenters. The van der Waals surface area contributed by atoms with Crippen molar-refractivity contribution in [1.29, 1.82) is 0 Å². The van der Waals surface area contributed by atoms with Gasteiger partial charge in [-0.1, -0.05) is 123 Å². The average Bonchev–Trinajstić information content (AvgIpc) is 3.10. The molecule has 12 nitrogen and oxygen atoms in total. The van der Waals surface area contributed by atoms with Crippen molar-refractivity contribution in [2.45, 2.75) is 188 Å². The zero-order valence-corrected chi connectivity index (χ0v) is 33.8. The summed E-state index contributed by atoms with van der Waals surface area (Å²) in [6, 6.07) is 0. The highest BCUT2D eigenvalue weighted by Crippen LogP contribution is 2.54. The molecule has 0 bridgehead atoms. The van der Waals surface area contributed by atoms with E-state index < -0.39 is 58.4 Å². The van der Waals surface area contributed by atoms with Gasteiger partial charge in [-0.15, -0.1) is 0 Å². The molecule has 0 aliphatic rings. The predicted octanol–water partition coefficient (Wildman–Crippen LogP) is 8.09. The first-order valence-electron chi connectivity index (χ1n) is 19.8. The van der Waals surface area contributed by atoms with Crippen molar-refractivity contribution in [3.05, 3.63) is 12.2 Å². The summed E-state index contributed by atoms with van der Waals surface area (Å²) in [5.41, 5.74) is -8.35. The summed E-state index contributed by atoms with van der Waals surface area (Å²) in [4.78, 5) is 72.6. The van der Waals surface area contributed by atoms with E-state index in [0.717, 1.165) is 58.3 Å². The van der Waals surface area contributed by atoms with Gasteiger partial charge < -0.3 is 30.3 Å².